The topological polar surface area (TPSA) is 57.2 Å². The molecule has 0 aromatic heterocycles. The van der Waals surface area contributed by atoms with Crippen molar-refractivity contribution in [3.05, 3.63) is 35.6 Å². The van der Waals surface area contributed by atoms with Gasteiger partial charge in [-0.1, -0.05) is 70.9 Å². The van der Waals surface area contributed by atoms with Crippen molar-refractivity contribution < 1.29 is 28.7 Å². The number of thioether (sulfide) groups is 1. The quantitative estimate of drug-likeness (QED) is 0.0608. The second-order valence-corrected chi connectivity index (χ2v) is 16.4. The molecule has 4 rings (SSSR count). The van der Waals surface area contributed by atoms with Crippen LogP contribution in [0.2, 0.25) is 0 Å². The molecule has 0 unspecified atom stereocenters. The summed E-state index contributed by atoms with van der Waals surface area (Å²) in [6, 6.07) is 6.54. The average Bonchev–Trinajstić information content (AvgIpc) is 3.07. The van der Waals surface area contributed by atoms with Gasteiger partial charge in [-0.25, -0.2) is 9.28 Å². The summed E-state index contributed by atoms with van der Waals surface area (Å²) in [7, 11) is 0. The van der Waals surface area contributed by atoms with Gasteiger partial charge >= 0.3 is 0 Å². The van der Waals surface area contributed by atoms with Crippen molar-refractivity contribution in [1.82, 2.24) is 0 Å². The molecule has 1 aromatic rings. The highest BCUT2D eigenvalue weighted by Gasteiger charge is 2.65. The van der Waals surface area contributed by atoms with Crippen LogP contribution in [-0.4, -0.2) is 38.6 Å². The zero-order valence-corrected chi connectivity index (χ0v) is 28.3. The number of halogens is 2. The molecule has 2 saturated heterocycles. The van der Waals surface area contributed by atoms with Gasteiger partial charge in [-0.2, -0.15) is 0 Å². The molecule has 1 saturated carbocycles. The molecular weight excluding hydrogens is 654 g/mol. The predicted molar refractivity (Wildman–Crippen MR) is 172 cm³/mol. The summed E-state index contributed by atoms with van der Waals surface area (Å²) < 4.78 is 31.5. The highest BCUT2D eigenvalue weighted by molar-refractivity contribution is 14.1. The Hall–Kier alpha value is 0.0300. The smallest absolute Gasteiger partial charge is 0.193 e. The van der Waals surface area contributed by atoms with E-state index >= 15 is 0 Å². The Labute approximate surface area is 265 Å². The van der Waals surface area contributed by atoms with Gasteiger partial charge in [-0.3, -0.25) is 5.26 Å². The number of benzene rings is 1. The summed E-state index contributed by atoms with van der Waals surface area (Å²) in [6.45, 7) is 8.06. The van der Waals surface area contributed by atoms with Crippen LogP contribution < -0.4 is 0 Å². The molecule has 0 bridgehead atoms. The molecule has 8 atom stereocenters. The van der Waals surface area contributed by atoms with E-state index in [2.05, 4.69) is 43.4 Å². The Balaban J connectivity index is 1.07. The van der Waals surface area contributed by atoms with Gasteiger partial charge in [0, 0.05) is 12.5 Å². The number of unbranched alkanes of at least 4 members (excludes halogenated alkanes) is 8. The summed E-state index contributed by atoms with van der Waals surface area (Å²) in [5.74, 6) is 2.20. The number of alkyl halides is 1. The van der Waals surface area contributed by atoms with E-state index < -0.39 is 11.9 Å². The first-order valence-corrected chi connectivity index (χ1v) is 18.2. The van der Waals surface area contributed by atoms with Gasteiger partial charge in [0.05, 0.1) is 6.61 Å². The van der Waals surface area contributed by atoms with E-state index in [0.717, 1.165) is 43.6 Å². The fourth-order valence-electron chi connectivity index (χ4n) is 7.36. The van der Waals surface area contributed by atoms with Gasteiger partial charge in [0.15, 0.2) is 11.9 Å². The van der Waals surface area contributed by atoms with Crippen molar-refractivity contribution in [3.63, 3.8) is 0 Å². The van der Waals surface area contributed by atoms with Gasteiger partial charge in [0.2, 0.25) is 0 Å². The molecule has 1 N–H and O–H groups in total. The standard InChI is InChI=1S/C33H52FIO5S/c1-24-13-18-29-25(2)30(38-31-33(29,40-36)28(24)19-20-32(3,35)39-31)41-22-12-10-8-6-4-5-7-9-11-21-37-23-26-14-16-27(34)17-15-26/h14-17,24-25,28-31,36H,4-13,18-23H2,1-3H3/t24-,25-,28+,29+,30+,31-,32+,33-/m1/s1. The maximum atomic E-state index is 12.9. The lowest BCUT2D eigenvalue weighted by atomic mass is 9.58. The first kappa shape index (κ1) is 33.9. The van der Waals surface area contributed by atoms with Gasteiger partial charge in [0.1, 0.15) is 14.9 Å². The van der Waals surface area contributed by atoms with Crippen LogP contribution in [-0.2, 0) is 25.7 Å². The highest BCUT2D eigenvalue weighted by Crippen LogP contribution is 2.59. The molecule has 1 aliphatic carbocycles. The van der Waals surface area contributed by atoms with Crippen LogP contribution in [0.15, 0.2) is 24.3 Å². The number of hydrogen-bond acceptors (Lipinski definition) is 6. The molecule has 0 radical (unpaired) electrons. The van der Waals surface area contributed by atoms with Gasteiger partial charge in [-0.05, 0) is 109 Å². The molecule has 41 heavy (non-hydrogen) atoms. The second kappa shape index (κ2) is 16.4. The summed E-state index contributed by atoms with van der Waals surface area (Å²) in [4.78, 5) is 5.48. The van der Waals surface area contributed by atoms with Crippen LogP contribution in [0.5, 0.6) is 0 Å². The highest BCUT2D eigenvalue weighted by atomic mass is 127. The van der Waals surface area contributed by atoms with E-state index in [9.17, 15) is 9.65 Å². The van der Waals surface area contributed by atoms with Crippen molar-refractivity contribution >= 4 is 34.4 Å². The fraction of sp³-hybridized carbons (Fsp3) is 0.818. The van der Waals surface area contributed by atoms with Gasteiger partial charge in [-0.15, -0.1) is 11.8 Å². The Morgan fingerprint density at radius 2 is 1.61 bits per heavy atom. The van der Waals surface area contributed by atoms with Gasteiger partial charge < -0.3 is 14.2 Å². The number of ether oxygens (including phenoxy) is 3. The van der Waals surface area contributed by atoms with E-state index in [0.29, 0.717) is 18.4 Å². The molecule has 3 aliphatic rings. The lowest BCUT2D eigenvalue weighted by Crippen LogP contribution is -2.67. The summed E-state index contributed by atoms with van der Waals surface area (Å²) in [5, 5.41) is 10.4. The Kier molecular flexibility index (Phi) is 13.5. The lowest BCUT2D eigenvalue weighted by molar-refractivity contribution is -0.439. The molecule has 2 heterocycles. The first-order chi connectivity index (χ1) is 19.8. The summed E-state index contributed by atoms with van der Waals surface area (Å²) in [6.07, 6.45) is 14.9. The van der Waals surface area contributed by atoms with E-state index in [1.165, 1.54) is 69.9 Å². The molecule has 234 valence electrons. The van der Waals surface area contributed by atoms with Crippen LogP contribution in [0.25, 0.3) is 0 Å². The molecular formula is C33H52FIO5S. The maximum Gasteiger partial charge on any atom is 0.193 e. The minimum atomic E-state index is -0.756. The SMILES string of the molecule is C[C@H]1[C@H](SCCCCCCCCCCCOCc2ccc(F)cc2)O[C@@H]2O[C@](C)(I)CC[C@H]3[C@H](C)CC[C@@H]1[C@@]23OO. The van der Waals surface area contributed by atoms with Crippen LogP contribution in [0.1, 0.15) is 110 Å². The Bertz CT molecular complexity index is 904. The lowest BCUT2D eigenvalue weighted by Gasteiger charge is -2.58. The molecule has 3 fully saturated rings. The summed E-state index contributed by atoms with van der Waals surface area (Å²) >= 11 is 4.34. The third-order valence-electron chi connectivity index (χ3n) is 9.78. The van der Waals surface area contributed by atoms with Crippen molar-refractivity contribution in [2.75, 3.05) is 12.4 Å². The maximum absolute atomic E-state index is 12.9. The molecule has 0 spiro atoms. The van der Waals surface area contributed by atoms with Gasteiger partial charge in [0.25, 0.3) is 0 Å². The Morgan fingerprint density at radius 3 is 2.29 bits per heavy atom. The zero-order valence-electron chi connectivity index (χ0n) is 25.3. The third-order valence-corrected chi connectivity index (χ3v) is 12.0. The third kappa shape index (κ3) is 9.04. The monoisotopic (exact) mass is 706 g/mol. The molecule has 8 heteroatoms. The van der Waals surface area contributed by atoms with Crippen LogP contribution in [0.4, 0.5) is 4.39 Å². The minimum absolute atomic E-state index is 0.0762. The molecule has 1 aromatic carbocycles. The van der Waals surface area contributed by atoms with Crippen molar-refractivity contribution in [2.45, 2.75) is 132 Å². The summed E-state index contributed by atoms with van der Waals surface area (Å²) in [5.41, 5.74) is 0.347. The van der Waals surface area contributed by atoms with E-state index in [1.54, 1.807) is 12.1 Å². The second-order valence-electron chi connectivity index (χ2n) is 12.9. The van der Waals surface area contributed by atoms with Crippen molar-refractivity contribution in [1.29, 1.82) is 0 Å². The first-order valence-electron chi connectivity index (χ1n) is 16.1. The zero-order chi connectivity index (χ0) is 29.3. The van der Waals surface area contributed by atoms with Crippen LogP contribution in [0.3, 0.4) is 0 Å². The van der Waals surface area contributed by atoms with Crippen molar-refractivity contribution in [3.8, 4) is 0 Å². The number of rotatable bonds is 16. The van der Waals surface area contributed by atoms with E-state index in [1.807, 2.05) is 11.8 Å². The minimum Gasteiger partial charge on any atom is -0.377 e. The molecule has 5 nitrogen and oxygen atoms in total. The van der Waals surface area contributed by atoms with Crippen molar-refractivity contribution in [2.24, 2.45) is 23.7 Å². The van der Waals surface area contributed by atoms with E-state index in [4.69, 9.17) is 19.1 Å². The largest absolute Gasteiger partial charge is 0.377 e. The normalized spacial score (nSPS) is 35.2. The predicted octanol–water partition coefficient (Wildman–Crippen LogP) is 9.76. The molecule has 0 amide bonds. The number of hydrogen-bond donors (Lipinski definition) is 1. The fourth-order valence-corrected chi connectivity index (χ4v) is 9.18. The average molecular weight is 707 g/mol. The van der Waals surface area contributed by atoms with Crippen LogP contribution in [0, 0.1) is 29.5 Å². The van der Waals surface area contributed by atoms with Crippen LogP contribution >= 0.6 is 34.4 Å². The van der Waals surface area contributed by atoms with E-state index in [-0.39, 0.29) is 26.7 Å². The Morgan fingerprint density at radius 1 is 0.951 bits per heavy atom. The molecule has 2 aliphatic heterocycles.